The first kappa shape index (κ1) is 19.1. The Balaban J connectivity index is 1.92. The summed E-state index contributed by atoms with van der Waals surface area (Å²) in [6, 6.07) is 5.37. The molecule has 27 heavy (non-hydrogen) atoms. The van der Waals surface area contributed by atoms with E-state index in [9.17, 15) is 9.90 Å². The van der Waals surface area contributed by atoms with Crippen LogP contribution in [0.5, 0.6) is 17.2 Å². The molecule has 5 nitrogen and oxygen atoms in total. The summed E-state index contributed by atoms with van der Waals surface area (Å²) in [5, 5.41) is 10.3. The van der Waals surface area contributed by atoms with Crippen molar-refractivity contribution in [3.63, 3.8) is 0 Å². The van der Waals surface area contributed by atoms with E-state index in [-0.39, 0.29) is 0 Å². The highest BCUT2D eigenvalue weighted by atomic mass is 16.7. The number of phenolic OH excluding ortho intramolecular Hbond substituents is 1. The minimum atomic E-state index is -1.08. The predicted octanol–water partition coefficient (Wildman–Crippen LogP) is 4.53. The highest BCUT2D eigenvalue weighted by molar-refractivity contribution is 5.93. The Bertz CT molecular complexity index is 916. The summed E-state index contributed by atoms with van der Waals surface area (Å²) in [6.45, 7) is 9.30. The van der Waals surface area contributed by atoms with E-state index in [1.807, 2.05) is 33.8 Å². The molecule has 1 aliphatic heterocycles. The van der Waals surface area contributed by atoms with Crippen molar-refractivity contribution in [1.82, 2.24) is 0 Å². The molecular weight excluding hydrogens is 344 g/mol. The number of hydrogen-bond acceptors (Lipinski definition) is 5. The van der Waals surface area contributed by atoms with Crippen LogP contribution in [0.15, 0.2) is 18.2 Å². The number of fused-ring (bicyclic) bond motifs is 1. The van der Waals surface area contributed by atoms with E-state index >= 15 is 0 Å². The summed E-state index contributed by atoms with van der Waals surface area (Å²) < 4.78 is 17.3. The Morgan fingerprint density at radius 2 is 1.85 bits per heavy atom. The summed E-state index contributed by atoms with van der Waals surface area (Å²) in [5.74, 6) is -0.0543. The Hall–Kier alpha value is -2.69. The van der Waals surface area contributed by atoms with Gasteiger partial charge in [0.15, 0.2) is 0 Å². The average Bonchev–Trinajstić information content (AvgIpc) is 2.64. The van der Waals surface area contributed by atoms with Crippen molar-refractivity contribution in [1.29, 1.82) is 0 Å². The average molecular weight is 370 g/mol. The van der Waals surface area contributed by atoms with Crippen LogP contribution in [0, 0.1) is 27.7 Å². The lowest BCUT2D eigenvalue weighted by molar-refractivity contribution is -0.142. The third-order valence-corrected chi connectivity index (χ3v) is 5.43. The number of aromatic hydroxyl groups is 1. The van der Waals surface area contributed by atoms with Gasteiger partial charge in [-0.3, -0.25) is 0 Å². The number of rotatable bonds is 3. The first-order chi connectivity index (χ1) is 12.7. The maximum Gasteiger partial charge on any atom is 0.345 e. The standard InChI is InChI=1S/C22H26O5/c1-12-8-7-9-17(19(12)25-6)21(24)27-22(5)11-10-16-15(4)18(23)13(2)14(3)20(16)26-22/h7-9,23H,10-11H2,1-6H3. The maximum atomic E-state index is 12.8. The van der Waals surface area contributed by atoms with Gasteiger partial charge in [0.2, 0.25) is 0 Å². The summed E-state index contributed by atoms with van der Waals surface area (Å²) in [7, 11) is 1.54. The highest BCUT2D eigenvalue weighted by Gasteiger charge is 2.38. The van der Waals surface area contributed by atoms with Crippen LogP contribution in [0.3, 0.4) is 0 Å². The minimum Gasteiger partial charge on any atom is -0.507 e. The normalized spacial score (nSPS) is 18.4. The van der Waals surface area contributed by atoms with Gasteiger partial charge >= 0.3 is 5.97 Å². The fourth-order valence-electron chi connectivity index (χ4n) is 3.63. The van der Waals surface area contributed by atoms with Crippen molar-refractivity contribution in [2.75, 3.05) is 7.11 Å². The predicted molar refractivity (Wildman–Crippen MR) is 103 cm³/mol. The van der Waals surface area contributed by atoms with E-state index in [1.165, 1.54) is 7.11 Å². The molecule has 0 saturated heterocycles. The maximum absolute atomic E-state index is 12.8. The summed E-state index contributed by atoms with van der Waals surface area (Å²) in [4.78, 5) is 12.8. The number of aryl methyl sites for hydroxylation is 1. The number of carbonyl (C=O) groups is 1. The number of carbonyl (C=O) groups excluding carboxylic acids is 1. The second-order valence-electron chi connectivity index (χ2n) is 7.31. The number of esters is 1. The molecule has 1 N–H and O–H groups in total. The highest BCUT2D eigenvalue weighted by Crippen LogP contribution is 2.43. The Labute approximate surface area is 159 Å². The van der Waals surface area contributed by atoms with E-state index < -0.39 is 11.8 Å². The second-order valence-corrected chi connectivity index (χ2v) is 7.31. The molecule has 1 unspecified atom stereocenters. The molecular formula is C22H26O5. The molecule has 1 aliphatic rings. The first-order valence-electron chi connectivity index (χ1n) is 9.06. The lowest BCUT2D eigenvalue weighted by Crippen LogP contribution is -2.41. The Morgan fingerprint density at radius 1 is 1.15 bits per heavy atom. The lowest BCUT2D eigenvalue weighted by atomic mass is 9.91. The van der Waals surface area contributed by atoms with E-state index in [0.29, 0.717) is 35.7 Å². The molecule has 3 rings (SSSR count). The molecule has 5 heteroatoms. The number of phenols is 1. The van der Waals surface area contributed by atoms with Gasteiger partial charge < -0.3 is 19.3 Å². The van der Waals surface area contributed by atoms with E-state index in [0.717, 1.165) is 27.8 Å². The number of para-hydroxylation sites is 1. The summed E-state index contributed by atoms with van der Waals surface area (Å²) >= 11 is 0. The van der Waals surface area contributed by atoms with E-state index in [4.69, 9.17) is 14.2 Å². The van der Waals surface area contributed by atoms with E-state index in [1.54, 1.807) is 19.1 Å². The molecule has 0 fully saturated rings. The fourth-order valence-corrected chi connectivity index (χ4v) is 3.63. The van der Waals surface area contributed by atoms with Crippen molar-refractivity contribution in [2.45, 2.75) is 53.2 Å². The Morgan fingerprint density at radius 3 is 2.52 bits per heavy atom. The van der Waals surface area contributed by atoms with Gasteiger partial charge in [-0.2, -0.15) is 0 Å². The minimum absolute atomic E-state index is 0.306. The van der Waals surface area contributed by atoms with Crippen LogP contribution in [0.25, 0.3) is 0 Å². The molecule has 0 aromatic heterocycles. The van der Waals surface area contributed by atoms with Crippen LogP contribution >= 0.6 is 0 Å². The van der Waals surface area contributed by atoms with Gasteiger partial charge in [-0.1, -0.05) is 12.1 Å². The molecule has 0 aliphatic carbocycles. The first-order valence-corrected chi connectivity index (χ1v) is 9.06. The fraction of sp³-hybridized carbons (Fsp3) is 0.409. The van der Waals surface area contributed by atoms with Crippen LogP contribution in [0.1, 0.15) is 51.5 Å². The molecule has 2 aromatic carbocycles. The summed E-state index contributed by atoms with van der Waals surface area (Å²) in [6.07, 6.45) is 1.16. The molecule has 2 aromatic rings. The van der Waals surface area contributed by atoms with Crippen molar-refractivity contribution in [2.24, 2.45) is 0 Å². The number of ether oxygens (including phenoxy) is 3. The quantitative estimate of drug-likeness (QED) is 0.804. The zero-order chi connectivity index (χ0) is 19.9. The van der Waals surface area contributed by atoms with Crippen molar-refractivity contribution >= 4 is 5.97 Å². The third kappa shape index (κ3) is 3.22. The van der Waals surface area contributed by atoms with Gasteiger partial charge in [0.1, 0.15) is 22.8 Å². The lowest BCUT2D eigenvalue weighted by Gasteiger charge is -2.37. The van der Waals surface area contributed by atoms with Gasteiger partial charge in [0.05, 0.1) is 7.11 Å². The van der Waals surface area contributed by atoms with Crippen LogP contribution in [0.4, 0.5) is 0 Å². The van der Waals surface area contributed by atoms with Crippen LogP contribution in [-0.4, -0.2) is 24.0 Å². The van der Waals surface area contributed by atoms with Crippen molar-refractivity contribution in [3.05, 3.63) is 51.6 Å². The van der Waals surface area contributed by atoms with Gasteiger partial charge in [0.25, 0.3) is 5.79 Å². The van der Waals surface area contributed by atoms with Crippen LogP contribution < -0.4 is 9.47 Å². The summed E-state index contributed by atoms with van der Waals surface area (Å²) in [5.41, 5.74) is 4.68. The van der Waals surface area contributed by atoms with Crippen LogP contribution in [-0.2, 0) is 11.2 Å². The van der Waals surface area contributed by atoms with Gasteiger partial charge in [-0.15, -0.1) is 0 Å². The topological polar surface area (TPSA) is 65.0 Å². The molecule has 0 spiro atoms. The molecule has 0 bridgehead atoms. The zero-order valence-corrected chi connectivity index (χ0v) is 16.7. The molecule has 144 valence electrons. The van der Waals surface area contributed by atoms with Crippen molar-refractivity contribution in [3.8, 4) is 17.2 Å². The SMILES string of the molecule is COc1c(C)cccc1C(=O)OC1(C)CCc2c(C)c(O)c(C)c(C)c2O1. The monoisotopic (exact) mass is 370 g/mol. The molecule has 0 radical (unpaired) electrons. The van der Waals surface area contributed by atoms with E-state index in [2.05, 4.69) is 0 Å². The third-order valence-electron chi connectivity index (χ3n) is 5.43. The number of methoxy groups -OCH3 is 1. The zero-order valence-electron chi connectivity index (χ0n) is 16.7. The molecule has 0 saturated carbocycles. The molecule has 1 atom stereocenters. The van der Waals surface area contributed by atoms with Gasteiger partial charge in [0, 0.05) is 18.9 Å². The number of hydrogen-bond donors (Lipinski definition) is 1. The Kier molecular flexibility index (Phi) is 4.81. The largest absolute Gasteiger partial charge is 0.507 e. The van der Waals surface area contributed by atoms with Crippen LogP contribution in [0.2, 0.25) is 0 Å². The van der Waals surface area contributed by atoms with Gasteiger partial charge in [-0.05, 0) is 62.4 Å². The smallest absolute Gasteiger partial charge is 0.345 e. The second kappa shape index (κ2) is 6.80. The van der Waals surface area contributed by atoms with Gasteiger partial charge in [-0.25, -0.2) is 4.79 Å². The number of benzene rings is 2. The molecule has 1 heterocycles. The van der Waals surface area contributed by atoms with Crippen molar-refractivity contribution < 1.29 is 24.1 Å². The molecule has 0 amide bonds.